The number of nitrogens with one attached hydrogen (secondary N) is 1. The predicted octanol–water partition coefficient (Wildman–Crippen LogP) is 2.38. The minimum absolute atomic E-state index is 0.326. The first-order valence-corrected chi connectivity index (χ1v) is 7.60. The van der Waals surface area contributed by atoms with Crippen LogP contribution in [0.5, 0.6) is 0 Å². The Morgan fingerprint density at radius 3 is 2.72 bits per heavy atom. The lowest BCUT2D eigenvalue weighted by Crippen LogP contribution is -2.51. The third-order valence-electron chi connectivity index (χ3n) is 2.83. The van der Waals surface area contributed by atoms with Crippen LogP contribution in [0.2, 0.25) is 0 Å². The highest BCUT2D eigenvalue weighted by atomic mass is 32.2. The zero-order valence-corrected chi connectivity index (χ0v) is 12.8. The van der Waals surface area contributed by atoms with Gasteiger partial charge in [-0.1, -0.05) is 13.8 Å². The first-order valence-electron chi connectivity index (χ1n) is 6.55. The predicted molar refractivity (Wildman–Crippen MR) is 77.4 cm³/mol. The number of hydrogen-bond acceptors (Lipinski definition) is 4. The molecule has 0 aromatic rings. The van der Waals surface area contributed by atoms with Gasteiger partial charge < -0.3 is 15.2 Å². The van der Waals surface area contributed by atoms with Crippen LogP contribution >= 0.6 is 11.8 Å². The SMILES string of the molecule is CCCNC(C)(CC(C)SCCCOC)C(=O)O. The van der Waals surface area contributed by atoms with Gasteiger partial charge in [-0.3, -0.25) is 4.79 Å². The molecule has 0 aliphatic carbocycles. The third-order valence-corrected chi connectivity index (χ3v) is 4.09. The van der Waals surface area contributed by atoms with E-state index in [0.717, 1.165) is 31.7 Å². The Morgan fingerprint density at radius 2 is 2.22 bits per heavy atom. The van der Waals surface area contributed by atoms with Crippen LogP contribution in [0.4, 0.5) is 0 Å². The Hall–Kier alpha value is -0.260. The molecule has 4 nitrogen and oxygen atoms in total. The van der Waals surface area contributed by atoms with Crippen LogP contribution in [0.3, 0.4) is 0 Å². The summed E-state index contributed by atoms with van der Waals surface area (Å²) in [5.41, 5.74) is -0.816. The summed E-state index contributed by atoms with van der Waals surface area (Å²) in [7, 11) is 1.70. The number of rotatable bonds is 11. The highest BCUT2D eigenvalue weighted by molar-refractivity contribution is 7.99. The van der Waals surface area contributed by atoms with Gasteiger partial charge in [-0.15, -0.1) is 0 Å². The minimum Gasteiger partial charge on any atom is -0.480 e. The summed E-state index contributed by atoms with van der Waals surface area (Å²) in [6.45, 7) is 7.41. The molecule has 0 fully saturated rings. The second-order valence-corrected chi connectivity index (χ2v) is 6.34. The van der Waals surface area contributed by atoms with Crippen molar-refractivity contribution in [1.82, 2.24) is 5.32 Å². The zero-order chi connectivity index (χ0) is 14.0. The molecule has 0 aromatic heterocycles. The van der Waals surface area contributed by atoms with E-state index < -0.39 is 11.5 Å². The van der Waals surface area contributed by atoms with Gasteiger partial charge in [0.2, 0.25) is 0 Å². The van der Waals surface area contributed by atoms with Crippen molar-refractivity contribution < 1.29 is 14.6 Å². The number of ether oxygens (including phenoxy) is 1. The van der Waals surface area contributed by atoms with Gasteiger partial charge in [0.1, 0.15) is 5.54 Å². The molecule has 0 bridgehead atoms. The molecule has 2 N–H and O–H groups in total. The average molecular weight is 277 g/mol. The van der Waals surface area contributed by atoms with Crippen LogP contribution in [-0.4, -0.2) is 47.9 Å². The Morgan fingerprint density at radius 1 is 1.56 bits per heavy atom. The van der Waals surface area contributed by atoms with E-state index in [1.54, 1.807) is 14.0 Å². The molecule has 0 saturated carbocycles. The van der Waals surface area contributed by atoms with Crippen molar-refractivity contribution in [3.05, 3.63) is 0 Å². The van der Waals surface area contributed by atoms with E-state index in [9.17, 15) is 9.90 Å². The molecule has 0 rings (SSSR count). The van der Waals surface area contributed by atoms with E-state index in [1.807, 2.05) is 18.7 Å². The van der Waals surface area contributed by atoms with E-state index in [-0.39, 0.29) is 0 Å². The number of carbonyl (C=O) groups is 1. The summed E-state index contributed by atoms with van der Waals surface area (Å²) in [5, 5.41) is 12.8. The fourth-order valence-corrected chi connectivity index (χ4v) is 2.90. The molecule has 108 valence electrons. The molecule has 18 heavy (non-hydrogen) atoms. The zero-order valence-electron chi connectivity index (χ0n) is 12.0. The highest BCUT2D eigenvalue weighted by Gasteiger charge is 2.33. The quantitative estimate of drug-likeness (QED) is 0.568. The number of carboxylic acid groups (broad SMARTS) is 1. The van der Waals surface area contributed by atoms with Crippen LogP contribution in [0.25, 0.3) is 0 Å². The number of thioether (sulfide) groups is 1. The number of aliphatic carboxylic acids is 1. The van der Waals surface area contributed by atoms with Crippen molar-refractivity contribution in [2.45, 2.75) is 50.8 Å². The van der Waals surface area contributed by atoms with Gasteiger partial charge in [0.25, 0.3) is 0 Å². The Bertz CT molecular complexity index is 238. The largest absolute Gasteiger partial charge is 0.480 e. The lowest BCUT2D eigenvalue weighted by molar-refractivity contribution is -0.144. The smallest absolute Gasteiger partial charge is 0.323 e. The summed E-state index contributed by atoms with van der Waals surface area (Å²) in [6.07, 6.45) is 2.59. The van der Waals surface area contributed by atoms with Gasteiger partial charge in [0.15, 0.2) is 0 Å². The van der Waals surface area contributed by atoms with Crippen LogP contribution < -0.4 is 5.32 Å². The van der Waals surface area contributed by atoms with Crippen LogP contribution in [0.1, 0.15) is 40.0 Å². The van der Waals surface area contributed by atoms with Crippen molar-refractivity contribution in [1.29, 1.82) is 0 Å². The number of methoxy groups -OCH3 is 1. The Labute approximate surface area is 115 Å². The fraction of sp³-hybridized carbons (Fsp3) is 0.923. The molecule has 0 saturated heterocycles. The van der Waals surface area contributed by atoms with Crippen molar-refractivity contribution in [3.63, 3.8) is 0 Å². The van der Waals surface area contributed by atoms with Crippen molar-refractivity contribution in [2.24, 2.45) is 0 Å². The monoisotopic (exact) mass is 277 g/mol. The van der Waals surface area contributed by atoms with Gasteiger partial charge in [-0.05, 0) is 38.5 Å². The average Bonchev–Trinajstić information content (AvgIpc) is 2.32. The maximum absolute atomic E-state index is 11.3. The second kappa shape index (κ2) is 9.64. The minimum atomic E-state index is -0.816. The summed E-state index contributed by atoms with van der Waals surface area (Å²) < 4.78 is 5.00. The van der Waals surface area contributed by atoms with E-state index >= 15 is 0 Å². The summed E-state index contributed by atoms with van der Waals surface area (Å²) in [5.74, 6) is 0.249. The summed E-state index contributed by atoms with van der Waals surface area (Å²) in [6, 6.07) is 0. The molecule has 5 heteroatoms. The molecule has 2 unspecified atom stereocenters. The van der Waals surface area contributed by atoms with E-state index in [0.29, 0.717) is 11.7 Å². The van der Waals surface area contributed by atoms with Gasteiger partial charge >= 0.3 is 5.97 Å². The van der Waals surface area contributed by atoms with Gasteiger partial charge in [0.05, 0.1) is 0 Å². The van der Waals surface area contributed by atoms with E-state index in [1.165, 1.54) is 0 Å². The molecule has 0 aliphatic rings. The molecule has 0 aromatic carbocycles. The standard InChI is InChI=1S/C13H27NO3S/c1-5-7-14-13(3,12(15)16)10-11(2)18-9-6-8-17-4/h11,14H,5-10H2,1-4H3,(H,15,16). The van der Waals surface area contributed by atoms with Gasteiger partial charge in [-0.2, -0.15) is 11.8 Å². The summed E-state index contributed by atoms with van der Waals surface area (Å²) in [4.78, 5) is 11.3. The molecular formula is C13H27NO3S. The lowest BCUT2D eigenvalue weighted by Gasteiger charge is -2.29. The van der Waals surface area contributed by atoms with Crippen LogP contribution in [0.15, 0.2) is 0 Å². The Kier molecular flexibility index (Phi) is 9.50. The van der Waals surface area contributed by atoms with Crippen LogP contribution in [0, 0.1) is 0 Å². The van der Waals surface area contributed by atoms with Crippen molar-refractivity contribution in [3.8, 4) is 0 Å². The van der Waals surface area contributed by atoms with Gasteiger partial charge in [0, 0.05) is 19.0 Å². The van der Waals surface area contributed by atoms with Crippen LogP contribution in [-0.2, 0) is 9.53 Å². The first-order chi connectivity index (χ1) is 8.46. The number of carboxylic acids is 1. The topological polar surface area (TPSA) is 58.6 Å². The van der Waals surface area contributed by atoms with E-state index in [4.69, 9.17) is 4.74 Å². The third kappa shape index (κ3) is 7.24. The maximum Gasteiger partial charge on any atom is 0.323 e. The van der Waals surface area contributed by atoms with Crippen molar-refractivity contribution in [2.75, 3.05) is 26.0 Å². The molecule has 2 atom stereocenters. The highest BCUT2D eigenvalue weighted by Crippen LogP contribution is 2.23. The molecule has 0 aliphatic heterocycles. The molecule has 0 spiro atoms. The number of hydrogen-bond donors (Lipinski definition) is 2. The molecular weight excluding hydrogens is 250 g/mol. The molecule has 0 radical (unpaired) electrons. The van der Waals surface area contributed by atoms with Crippen molar-refractivity contribution >= 4 is 17.7 Å². The Balaban J connectivity index is 4.10. The molecule has 0 amide bonds. The maximum atomic E-state index is 11.3. The summed E-state index contributed by atoms with van der Waals surface area (Å²) >= 11 is 1.81. The van der Waals surface area contributed by atoms with Gasteiger partial charge in [-0.25, -0.2) is 0 Å². The first kappa shape index (κ1) is 17.7. The molecule has 0 heterocycles. The lowest BCUT2D eigenvalue weighted by atomic mass is 9.96. The van der Waals surface area contributed by atoms with E-state index in [2.05, 4.69) is 12.2 Å². The fourth-order valence-electron chi connectivity index (χ4n) is 1.76. The normalized spacial score (nSPS) is 16.2. The second-order valence-electron chi connectivity index (χ2n) is 4.80.